The fourth-order valence-electron chi connectivity index (χ4n) is 2.66. The molecule has 2 aromatic rings. The molecule has 9 heteroatoms. The Labute approximate surface area is 191 Å². The van der Waals surface area contributed by atoms with Gasteiger partial charge in [0, 0.05) is 24.1 Å². The average molecular weight is 459 g/mol. The highest BCUT2D eigenvalue weighted by Crippen LogP contribution is 2.24. The third-order valence-corrected chi connectivity index (χ3v) is 5.38. The van der Waals surface area contributed by atoms with E-state index in [-0.39, 0.29) is 23.0 Å². The van der Waals surface area contributed by atoms with Crippen LogP contribution >= 0.6 is 11.8 Å². The number of Topliss-reactive ketones (excluding diaryl/α,β-unsaturated/α-hetero) is 1. The topological polar surface area (TPSA) is 111 Å². The smallest absolute Gasteiger partial charge is 0.340 e. The first kappa shape index (κ1) is 25.1. The summed E-state index contributed by atoms with van der Waals surface area (Å²) in [4.78, 5) is 49.4. The molecule has 2 rings (SSSR count). The Hall–Kier alpha value is -3.17. The molecule has 0 heterocycles. The number of carbonyl (C=O) groups is 4. The van der Waals surface area contributed by atoms with Crippen molar-refractivity contribution in [3.63, 3.8) is 0 Å². The number of benzene rings is 2. The maximum atomic E-state index is 12.7. The minimum Gasteiger partial charge on any atom is -0.449 e. The van der Waals surface area contributed by atoms with Gasteiger partial charge in [0.15, 0.2) is 11.9 Å². The molecule has 0 radical (unpaired) electrons. The van der Waals surface area contributed by atoms with Crippen molar-refractivity contribution < 1.29 is 28.7 Å². The third kappa shape index (κ3) is 7.51. The zero-order chi connectivity index (χ0) is 23.5. The number of ether oxygens (including phenoxy) is 2. The summed E-state index contributed by atoms with van der Waals surface area (Å²) in [7, 11) is 1.55. The molecule has 32 heavy (non-hydrogen) atoms. The first-order valence-electron chi connectivity index (χ1n) is 9.92. The van der Waals surface area contributed by atoms with E-state index in [1.54, 1.807) is 55.6 Å². The number of rotatable bonds is 11. The van der Waals surface area contributed by atoms with Crippen LogP contribution in [0.1, 0.15) is 34.6 Å². The molecule has 0 aromatic heterocycles. The van der Waals surface area contributed by atoms with Gasteiger partial charge in [-0.05, 0) is 38.1 Å². The summed E-state index contributed by atoms with van der Waals surface area (Å²) in [6, 6.07) is 13.3. The average Bonchev–Trinajstić information content (AvgIpc) is 2.78. The summed E-state index contributed by atoms with van der Waals surface area (Å²) in [5.41, 5.74) is 0.971. The molecule has 1 atom stereocenters. The van der Waals surface area contributed by atoms with Gasteiger partial charge in [0.1, 0.15) is 0 Å². The summed E-state index contributed by atoms with van der Waals surface area (Å²) in [5, 5.41) is 5.33. The van der Waals surface area contributed by atoms with Crippen molar-refractivity contribution in [2.45, 2.75) is 24.8 Å². The van der Waals surface area contributed by atoms with Crippen LogP contribution in [0.5, 0.6) is 0 Å². The molecule has 0 aliphatic carbocycles. The van der Waals surface area contributed by atoms with E-state index in [0.717, 1.165) is 0 Å². The molecule has 0 bridgehead atoms. The minimum absolute atomic E-state index is 0.117. The fraction of sp³-hybridized carbons (Fsp3) is 0.304. The van der Waals surface area contributed by atoms with E-state index >= 15 is 0 Å². The fourth-order valence-corrected chi connectivity index (χ4v) is 3.53. The van der Waals surface area contributed by atoms with Gasteiger partial charge in [-0.25, -0.2) is 4.79 Å². The highest BCUT2D eigenvalue weighted by molar-refractivity contribution is 8.00. The number of methoxy groups -OCH3 is 1. The van der Waals surface area contributed by atoms with Gasteiger partial charge in [0.2, 0.25) is 5.91 Å². The van der Waals surface area contributed by atoms with Crippen molar-refractivity contribution in [1.29, 1.82) is 0 Å². The third-order valence-electron chi connectivity index (χ3n) is 4.31. The quantitative estimate of drug-likeness (QED) is 0.230. The highest BCUT2D eigenvalue weighted by Gasteiger charge is 2.22. The molecule has 0 spiro atoms. The second kappa shape index (κ2) is 12.6. The summed E-state index contributed by atoms with van der Waals surface area (Å²) in [6.07, 6.45) is -1.10. The lowest BCUT2D eigenvalue weighted by Gasteiger charge is -2.16. The van der Waals surface area contributed by atoms with Crippen LogP contribution in [0.4, 0.5) is 5.69 Å². The van der Waals surface area contributed by atoms with Crippen LogP contribution in [0.15, 0.2) is 53.4 Å². The molecule has 0 fully saturated rings. The second-order valence-corrected chi connectivity index (χ2v) is 7.78. The number of nitrogens with one attached hydrogen (secondary N) is 2. The zero-order valence-corrected chi connectivity index (χ0v) is 19.0. The first-order valence-corrected chi connectivity index (χ1v) is 10.9. The van der Waals surface area contributed by atoms with Gasteiger partial charge in [-0.15, -0.1) is 11.8 Å². The second-order valence-electron chi connectivity index (χ2n) is 6.77. The zero-order valence-electron chi connectivity index (χ0n) is 18.2. The van der Waals surface area contributed by atoms with E-state index in [2.05, 4.69) is 10.6 Å². The molecule has 8 nitrogen and oxygen atoms in total. The number of ketones is 1. The van der Waals surface area contributed by atoms with Crippen molar-refractivity contribution in [3.8, 4) is 0 Å². The molecule has 2 aromatic carbocycles. The van der Waals surface area contributed by atoms with E-state index < -0.39 is 18.0 Å². The largest absolute Gasteiger partial charge is 0.449 e. The number of para-hydroxylation sites is 1. The van der Waals surface area contributed by atoms with E-state index in [4.69, 9.17) is 9.47 Å². The Morgan fingerprint density at radius 3 is 2.34 bits per heavy atom. The number of amides is 2. The Morgan fingerprint density at radius 1 is 1.00 bits per heavy atom. The number of thioether (sulfide) groups is 1. The lowest BCUT2D eigenvalue weighted by Crippen LogP contribution is -2.30. The van der Waals surface area contributed by atoms with E-state index in [9.17, 15) is 19.2 Å². The van der Waals surface area contributed by atoms with E-state index in [1.807, 2.05) is 0 Å². The van der Waals surface area contributed by atoms with Crippen molar-refractivity contribution in [2.75, 3.05) is 31.3 Å². The summed E-state index contributed by atoms with van der Waals surface area (Å²) < 4.78 is 10.2. The Morgan fingerprint density at radius 2 is 1.66 bits per heavy atom. The molecule has 0 saturated heterocycles. The van der Waals surface area contributed by atoms with Crippen molar-refractivity contribution in [2.24, 2.45) is 0 Å². The van der Waals surface area contributed by atoms with Gasteiger partial charge in [-0.1, -0.05) is 24.3 Å². The number of hydrogen-bond donors (Lipinski definition) is 2. The molecule has 0 aliphatic rings. The van der Waals surface area contributed by atoms with Gasteiger partial charge in [-0.2, -0.15) is 0 Å². The SMILES string of the molecule is COCCNC(=O)CSc1ccccc1C(=O)OC(C)C(=O)Nc1ccccc1C(C)=O. The molecule has 1 unspecified atom stereocenters. The highest BCUT2D eigenvalue weighted by atomic mass is 32.2. The van der Waals surface area contributed by atoms with Gasteiger partial charge in [-0.3, -0.25) is 14.4 Å². The monoisotopic (exact) mass is 458 g/mol. The van der Waals surface area contributed by atoms with Crippen molar-refractivity contribution >= 4 is 41.0 Å². The Kier molecular flexibility index (Phi) is 9.90. The number of carbonyl (C=O) groups excluding carboxylic acids is 4. The number of esters is 1. The van der Waals surface area contributed by atoms with E-state index in [1.165, 1.54) is 25.6 Å². The summed E-state index contributed by atoms with van der Waals surface area (Å²) >= 11 is 1.19. The lowest BCUT2D eigenvalue weighted by molar-refractivity contribution is -0.123. The molecule has 170 valence electrons. The maximum Gasteiger partial charge on any atom is 0.340 e. The van der Waals surface area contributed by atoms with Gasteiger partial charge in [0.05, 0.1) is 23.6 Å². The van der Waals surface area contributed by atoms with Crippen LogP contribution in [-0.2, 0) is 19.1 Å². The predicted octanol–water partition coefficient (Wildman–Crippen LogP) is 2.93. The number of hydrogen-bond acceptors (Lipinski definition) is 7. The number of anilines is 1. The van der Waals surface area contributed by atoms with E-state index in [0.29, 0.717) is 29.3 Å². The molecule has 0 saturated carbocycles. The summed E-state index contributed by atoms with van der Waals surface area (Å²) in [5.74, 6) is -1.51. The first-order chi connectivity index (χ1) is 15.3. The van der Waals surface area contributed by atoms with Crippen molar-refractivity contribution in [1.82, 2.24) is 5.32 Å². The van der Waals surface area contributed by atoms with Crippen LogP contribution in [0.3, 0.4) is 0 Å². The molecule has 0 aliphatic heterocycles. The minimum atomic E-state index is -1.10. The van der Waals surface area contributed by atoms with Crippen LogP contribution in [0.2, 0.25) is 0 Å². The molecule has 2 N–H and O–H groups in total. The maximum absolute atomic E-state index is 12.7. The Bertz CT molecular complexity index is 978. The molecule has 2 amide bonds. The summed E-state index contributed by atoms with van der Waals surface area (Å²) in [6.45, 7) is 3.67. The van der Waals surface area contributed by atoms with Crippen LogP contribution in [0, 0.1) is 0 Å². The lowest BCUT2D eigenvalue weighted by atomic mass is 10.1. The predicted molar refractivity (Wildman–Crippen MR) is 122 cm³/mol. The van der Waals surface area contributed by atoms with Gasteiger partial charge < -0.3 is 20.1 Å². The molecular weight excluding hydrogens is 432 g/mol. The van der Waals surface area contributed by atoms with Crippen LogP contribution < -0.4 is 10.6 Å². The molecular formula is C23H26N2O6S. The van der Waals surface area contributed by atoms with Gasteiger partial charge >= 0.3 is 5.97 Å². The van der Waals surface area contributed by atoms with Crippen LogP contribution in [0.25, 0.3) is 0 Å². The normalized spacial score (nSPS) is 11.3. The standard InChI is InChI=1S/C23H26N2O6S/c1-15(26)17-8-4-6-10-19(17)25-22(28)16(2)31-23(29)18-9-5-7-11-20(18)32-14-21(27)24-12-13-30-3/h4-11,16H,12-14H2,1-3H3,(H,24,27)(H,25,28). The van der Waals surface area contributed by atoms with Crippen LogP contribution in [-0.4, -0.2) is 55.7 Å². The van der Waals surface area contributed by atoms with Gasteiger partial charge in [0.25, 0.3) is 5.91 Å². The Balaban J connectivity index is 1.99. The van der Waals surface area contributed by atoms with Crippen molar-refractivity contribution in [3.05, 3.63) is 59.7 Å².